The summed E-state index contributed by atoms with van der Waals surface area (Å²) in [6, 6.07) is 16.8. The van der Waals surface area contributed by atoms with Gasteiger partial charge in [0.1, 0.15) is 4.87 Å². The lowest BCUT2D eigenvalue weighted by Crippen LogP contribution is -2.43. The summed E-state index contributed by atoms with van der Waals surface area (Å²) in [6.07, 6.45) is 4.36. The summed E-state index contributed by atoms with van der Waals surface area (Å²) >= 11 is 14.4. The highest BCUT2D eigenvalue weighted by Gasteiger charge is 2.49. The molecule has 2 aliphatic rings. The Morgan fingerprint density at radius 2 is 1.55 bits per heavy atom. The van der Waals surface area contributed by atoms with Gasteiger partial charge in [0, 0.05) is 5.92 Å². The van der Waals surface area contributed by atoms with Crippen molar-refractivity contribution in [2.45, 2.75) is 49.8 Å². The van der Waals surface area contributed by atoms with Gasteiger partial charge in [0.2, 0.25) is 0 Å². The lowest BCUT2D eigenvalue weighted by atomic mass is 9.80. The van der Waals surface area contributed by atoms with Crippen LogP contribution < -0.4 is 0 Å². The number of hydrogen-bond donors (Lipinski definition) is 0. The van der Waals surface area contributed by atoms with Crippen LogP contribution in [0.5, 0.6) is 0 Å². The molecule has 4 heteroatoms. The number of rotatable bonds is 5. The summed E-state index contributed by atoms with van der Waals surface area (Å²) in [6.45, 7) is 11.0. The summed E-state index contributed by atoms with van der Waals surface area (Å²) in [5, 5.41) is -0.125. The number of alkyl halides is 2. The first-order valence-electron chi connectivity index (χ1n) is 10.3. The van der Waals surface area contributed by atoms with E-state index in [4.69, 9.17) is 27.6 Å². The van der Waals surface area contributed by atoms with E-state index in [0.717, 1.165) is 5.56 Å². The molecule has 0 fully saturated rings. The molecule has 2 aromatic carbocycles. The van der Waals surface area contributed by atoms with E-state index in [2.05, 4.69) is 94.2 Å². The number of benzene rings is 2. The molecule has 2 aromatic rings. The third-order valence-corrected chi connectivity index (χ3v) is 8.30. The lowest BCUT2D eigenvalue weighted by molar-refractivity contribution is 0.174. The minimum absolute atomic E-state index is 0.113. The van der Waals surface area contributed by atoms with E-state index in [-0.39, 0.29) is 17.4 Å². The Labute approximate surface area is 185 Å². The molecule has 4 unspecified atom stereocenters. The molecule has 0 spiro atoms. The van der Waals surface area contributed by atoms with Crippen LogP contribution in [0.2, 0.25) is 19.6 Å². The number of halogens is 2. The molecule has 4 atom stereocenters. The standard InChI is InChI=1S/C25H28Cl2OSi/c1-16(21-14-18-10-6-8-12-20(18)24(21)26)23-15-19-11-7-9-13-22(19)25(23,27)17(2)28-29(3,4)5/h6-17,24H,1-5H3. The summed E-state index contributed by atoms with van der Waals surface area (Å²) in [4.78, 5) is -0.692. The summed E-state index contributed by atoms with van der Waals surface area (Å²) < 4.78 is 6.53. The molecule has 4 rings (SSSR count). The SMILES string of the molecule is CC(C1=Cc2ccccc2C1Cl)C1=Cc2ccccc2C1(Cl)C(C)O[Si](C)(C)C. The first kappa shape index (κ1) is 20.9. The fourth-order valence-electron chi connectivity index (χ4n) is 4.72. The van der Waals surface area contributed by atoms with Gasteiger partial charge in [-0.3, -0.25) is 0 Å². The van der Waals surface area contributed by atoms with Crippen LogP contribution in [0.15, 0.2) is 59.7 Å². The second-order valence-electron chi connectivity index (χ2n) is 9.13. The molecule has 0 heterocycles. The molecular formula is C25H28Cl2OSi. The predicted octanol–water partition coefficient (Wildman–Crippen LogP) is 7.77. The molecule has 2 aliphatic carbocycles. The molecule has 0 aliphatic heterocycles. The lowest BCUT2D eigenvalue weighted by Gasteiger charge is -2.39. The zero-order valence-corrected chi connectivity index (χ0v) is 20.2. The van der Waals surface area contributed by atoms with E-state index in [9.17, 15) is 0 Å². The zero-order chi connectivity index (χ0) is 21.0. The van der Waals surface area contributed by atoms with Crippen molar-refractivity contribution in [3.05, 3.63) is 81.9 Å². The Bertz CT molecular complexity index is 1000. The van der Waals surface area contributed by atoms with Gasteiger partial charge in [0.15, 0.2) is 8.32 Å². The maximum Gasteiger partial charge on any atom is 0.184 e. The Balaban J connectivity index is 1.76. The van der Waals surface area contributed by atoms with Gasteiger partial charge in [-0.1, -0.05) is 67.6 Å². The quantitative estimate of drug-likeness (QED) is 0.339. The van der Waals surface area contributed by atoms with Crippen LogP contribution in [-0.4, -0.2) is 14.4 Å². The van der Waals surface area contributed by atoms with Gasteiger partial charge in [-0.05, 0) is 60.0 Å². The fraction of sp³-hybridized carbons (Fsp3) is 0.360. The highest BCUT2D eigenvalue weighted by Crippen LogP contribution is 2.55. The second-order valence-corrected chi connectivity index (χ2v) is 14.6. The number of fused-ring (bicyclic) bond motifs is 2. The minimum Gasteiger partial charge on any atom is -0.413 e. The van der Waals surface area contributed by atoms with E-state index in [1.165, 1.54) is 27.8 Å². The van der Waals surface area contributed by atoms with E-state index >= 15 is 0 Å². The van der Waals surface area contributed by atoms with Gasteiger partial charge in [0.05, 0.1) is 11.5 Å². The van der Waals surface area contributed by atoms with Crippen LogP contribution in [0.3, 0.4) is 0 Å². The molecule has 1 nitrogen and oxygen atoms in total. The Hall–Kier alpha value is -1.32. The van der Waals surface area contributed by atoms with Crippen LogP contribution in [0, 0.1) is 5.92 Å². The van der Waals surface area contributed by atoms with Gasteiger partial charge in [-0.2, -0.15) is 0 Å². The first-order valence-corrected chi connectivity index (χ1v) is 14.5. The molecular weight excluding hydrogens is 415 g/mol. The maximum atomic E-state index is 7.51. The van der Waals surface area contributed by atoms with Crippen molar-refractivity contribution in [3.63, 3.8) is 0 Å². The zero-order valence-electron chi connectivity index (χ0n) is 17.7. The van der Waals surface area contributed by atoms with Crippen LogP contribution in [-0.2, 0) is 9.30 Å². The normalized spacial score (nSPS) is 25.1. The topological polar surface area (TPSA) is 9.23 Å². The van der Waals surface area contributed by atoms with Crippen molar-refractivity contribution in [1.29, 1.82) is 0 Å². The van der Waals surface area contributed by atoms with Crippen molar-refractivity contribution in [2.24, 2.45) is 5.92 Å². The van der Waals surface area contributed by atoms with Crippen molar-refractivity contribution >= 4 is 43.7 Å². The minimum atomic E-state index is -1.77. The molecule has 0 saturated carbocycles. The Kier molecular flexibility index (Phi) is 5.36. The molecule has 0 saturated heterocycles. The van der Waals surface area contributed by atoms with E-state index in [0.29, 0.717) is 0 Å². The third-order valence-electron chi connectivity index (χ3n) is 6.02. The molecule has 0 bridgehead atoms. The van der Waals surface area contributed by atoms with Crippen LogP contribution >= 0.6 is 23.2 Å². The van der Waals surface area contributed by atoms with Crippen molar-refractivity contribution in [2.75, 3.05) is 0 Å². The molecule has 0 aromatic heterocycles. The van der Waals surface area contributed by atoms with Crippen LogP contribution in [0.4, 0.5) is 0 Å². The van der Waals surface area contributed by atoms with Crippen LogP contribution in [0.25, 0.3) is 12.2 Å². The largest absolute Gasteiger partial charge is 0.413 e. The van der Waals surface area contributed by atoms with Gasteiger partial charge < -0.3 is 4.43 Å². The Morgan fingerprint density at radius 3 is 2.21 bits per heavy atom. The van der Waals surface area contributed by atoms with E-state index in [1.54, 1.807) is 0 Å². The van der Waals surface area contributed by atoms with Gasteiger partial charge in [0.25, 0.3) is 0 Å². The summed E-state index contributed by atoms with van der Waals surface area (Å²) in [5.41, 5.74) is 7.08. The number of hydrogen-bond acceptors (Lipinski definition) is 1. The van der Waals surface area contributed by atoms with Crippen LogP contribution in [0.1, 0.15) is 41.5 Å². The second kappa shape index (κ2) is 7.42. The van der Waals surface area contributed by atoms with Gasteiger partial charge >= 0.3 is 0 Å². The Morgan fingerprint density at radius 1 is 0.931 bits per heavy atom. The average molecular weight is 443 g/mol. The highest BCUT2D eigenvalue weighted by atomic mass is 35.5. The summed E-state index contributed by atoms with van der Waals surface area (Å²) in [7, 11) is -1.77. The maximum absolute atomic E-state index is 7.51. The molecule has 29 heavy (non-hydrogen) atoms. The average Bonchev–Trinajstić information content (AvgIpc) is 3.16. The molecule has 0 N–H and O–H groups in total. The van der Waals surface area contributed by atoms with Crippen molar-refractivity contribution in [3.8, 4) is 0 Å². The first-order chi connectivity index (χ1) is 13.6. The van der Waals surface area contributed by atoms with E-state index in [1.807, 2.05) is 0 Å². The van der Waals surface area contributed by atoms with Crippen molar-refractivity contribution < 1.29 is 4.43 Å². The molecule has 0 radical (unpaired) electrons. The molecule has 0 amide bonds. The fourth-order valence-corrected chi connectivity index (χ4v) is 6.91. The van der Waals surface area contributed by atoms with Gasteiger partial charge in [-0.15, -0.1) is 23.2 Å². The highest BCUT2D eigenvalue weighted by molar-refractivity contribution is 6.69. The predicted molar refractivity (Wildman–Crippen MR) is 128 cm³/mol. The van der Waals surface area contributed by atoms with E-state index < -0.39 is 13.2 Å². The van der Waals surface area contributed by atoms with Crippen molar-refractivity contribution in [1.82, 2.24) is 0 Å². The summed E-state index contributed by atoms with van der Waals surface area (Å²) in [5.74, 6) is 0.113. The number of allylic oxidation sites excluding steroid dienone is 1. The monoisotopic (exact) mass is 442 g/mol. The third kappa shape index (κ3) is 3.55. The van der Waals surface area contributed by atoms with Gasteiger partial charge in [-0.25, -0.2) is 0 Å². The smallest absolute Gasteiger partial charge is 0.184 e. The molecule has 152 valence electrons.